The average Bonchev–Trinajstić information content (AvgIpc) is 3.11. The van der Waals surface area contributed by atoms with Crippen LogP contribution in [0.1, 0.15) is 9.67 Å². The van der Waals surface area contributed by atoms with E-state index in [1.54, 1.807) is 11.8 Å². The number of thiophene rings is 1. The highest BCUT2D eigenvalue weighted by atomic mass is 32.2. The Hall–Kier alpha value is -1.53. The molecule has 6 heteroatoms. The Morgan fingerprint density at radius 2 is 2.22 bits per heavy atom. The van der Waals surface area contributed by atoms with Gasteiger partial charge in [-0.15, -0.1) is 11.3 Å². The monoisotopic (exact) mass is 277 g/mol. The van der Waals surface area contributed by atoms with Crippen LogP contribution in [-0.4, -0.2) is 27.9 Å². The highest BCUT2D eigenvalue weighted by Gasteiger charge is 2.17. The smallest absolute Gasteiger partial charge is 0.269 e. The van der Waals surface area contributed by atoms with E-state index in [-0.39, 0.29) is 5.91 Å². The number of aromatic nitrogens is 1. The van der Waals surface area contributed by atoms with Crippen molar-refractivity contribution in [3.05, 3.63) is 40.8 Å². The molecule has 92 valence electrons. The lowest BCUT2D eigenvalue weighted by Gasteiger charge is -2.05. The van der Waals surface area contributed by atoms with E-state index < -0.39 is 0 Å². The summed E-state index contributed by atoms with van der Waals surface area (Å²) in [6.07, 6.45) is 3.86. The van der Waals surface area contributed by atoms with Crippen LogP contribution in [0.25, 0.3) is 5.69 Å². The number of hydrogen-bond donors (Lipinski definition) is 1. The van der Waals surface area contributed by atoms with Crippen molar-refractivity contribution in [2.45, 2.75) is 0 Å². The van der Waals surface area contributed by atoms with Crippen LogP contribution < -0.4 is 5.32 Å². The maximum Gasteiger partial charge on any atom is 0.269 e. The van der Waals surface area contributed by atoms with Gasteiger partial charge in [0.25, 0.3) is 5.91 Å². The number of hydrogen-bond acceptors (Lipinski definition) is 4. The highest BCUT2D eigenvalue weighted by molar-refractivity contribution is 8.14. The van der Waals surface area contributed by atoms with E-state index in [0.717, 1.165) is 23.2 Å². The second-order valence-electron chi connectivity index (χ2n) is 3.71. The van der Waals surface area contributed by atoms with Gasteiger partial charge in [0.15, 0.2) is 5.17 Å². The molecule has 0 radical (unpaired) electrons. The van der Waals surface area contributed by atoms with Crippen LogP contribution in [0, 0.1) is 0 Å². The van der Waals surface area contributed by atoms with Crippen LogP contribution in [0.5, 0.6) is 0 Å². The zero-order valence-electron chi connectivity index (χ0n) is 9.50. The molecule has 0 atom stereocenters. The SMILES string of the molecule is O=C(NC1=NCCS1)c1sccc1-n1cccc1. The normalized spacial score (nSPS) is 14.6. The number of nitrogens with one attached hydrogen (secondary N) is 1. The van der Waals surface area contributed by atoms with Gasteiger partial charge in [-0.25, -0.2) is 0 Å². The molecule has 3 rings (SSSR count). The lowest BCUT2D eigenvalue weighted by molar-refractivity contribution is 0.0982. The Morgan fingerprint density at radius 3 is 2.94 bits per heavy atom. The molecule has 0 saturated carbocycles. The molecule has 0 fully saturated rings. The van der Waals surface area contributed by atoms with Crippen LogP contribution in [-0.2, 0) is 0 Å². The Kier molecular flexibility index (Phi) is 3.21. The van der Waals surface area contributed by atoms with Crippen LogP contribution in [0.3, 0.4) is 0 Å². The van der Waals surface area contributed by atoms with Gasteiger partial charge in [-0.1, -0.05) is 11.8 Å². The van der Waals surface area contributed by atoms with E-state index in [1.165, 1.54) is 11.3 Å². The fourth-order valence-corrected chi connectivity index (χ4v) is 3.24. The summed E-state index contributed by atoms with van der Waals surface area (Å²) in [5, 5.41) is 5.51. The number of amides is 1. The molecule has 4 nitrogen and oxygen atoms in total. The Labute approximate surface area is 113 Å². The molecule has 0 aliphatic carbocycles. The van der Waals surface area contributed by atoms with Gasteiger partial charge in [0.05, 0.1) is 12.2 Å². The zero-order chi connectivity index (χ0) is 12.4. The van der Waals surface area contributed by atoms with Crippen LogP contribution in [0.4, 0.5) is 0 Å². The maximum absolute atomic E-state index is 12.2. The average molecular weight is 277 g/mol. The number of rotatable bonds is 2. The summed E-state index contributed by atoms with van der Waals surface area (Å²) in [5.41, 5.74) is 0.908. The standard InChI is InChI=1S/C12H11N3OS2/c16-11(14-12-13-4-8-18-12)10-9(3-7-17-10)15-5-1-2-6-15/h1-3,5-7H,4,8H2,(H,13,14,16). The number of aliphatic imine (C=N–C) groups is 1. The third-order valence-corrected chi connectivity index (χ3v) is 4.33. The third-order valence-electron chi connectivity index (χ3n) is 2.54. The quantitative estimate of drug-likeness (QED) is 0.916. The fraction of sp³-hybridized carbons (Fsp3) is 0.167. The topological polar surface area (TPSA) is 46.4 Å². The second kappa shape index (κ2) is 4.99. The molecular weight excluding hydrogens is 266 g/mol. The molecule has 0 bridgehead atoms. The second-order valence-corrected chi connectivity index (χ2v) is 5.71. The molecule has 0 aromatic carbocycles. The van der Waals surface area contributed by atoms with E-state index in [4.69, 9.17) is 0 Å². The predicted octanol–water partition coefficient (Wildman–Crippen LogP) is 2.37. The number of carbonyl (C=O) groups is 1. The first-order chi connectivity index (χ1) is 8.84. The zero-order valence-corrected chi connectivity index (χ0v) is 11.1. The molecule has 1 N–H and O–H groups in total. The number of nitrogens with zero attached hydrogens (tertiary/aromatic N) is 2. The van der Waals surface area contributed by atoms with E-state index in [9.17, 15) is 4.79 Å². The van der Waals surface area contributed by atoms with E-state index in [1.807, 2.05) is 40.5 Å². The van der Waals surface area contributed by atoms with Crippen molar-refractivity contribution < 1.29 is 4.79 Å². The highest BCUT2D eigenvalue weighted by Crippen LogP contribution is 2.21. The van der Waals surface area contributed by atoms with Crippen LogP contribution >= 0.6 is 23.1 Å². The predicted molar refractivity (Wildman–Crippen MR) is 75.9 cm³/mol. The molecular formula is C12H11N3OS2. The fourth-order valence-electron chi connectivity index (χ4n) is 1.74. The van der Waals surface area contributed by atoms with E-state index in [0.29, 0.717) is 4.88 Å². The lowest BCUT2D eigenvalue weighted by Crippen LogP contribution is -2.27. The number of amidine groups is 1. The summed E-state index contributed by atoms with van der Waals surface area (Å²) in [6.45, 7) is 0.787. The summed E-state index contributed by atoms with van der Waals surface area (Å²) < 4.78 is 1.94. The van der Waals surface area contributed by atoms with Gasteiger partial charge in [-0.3, -0.25) is 9.79 Å². The van der Waals surface area contributed by atoms with Gasteiger partial charge in [0.1, 0.15) is 4.88 Å². The van der Waals surface area contributed by atoms with Crippen molar-refractivity contribution in [2.75, 3.05) is 12.3 Å². The molecule has 1 aliphatic heterocycles. The molecule has 2 aromatic heterocycles. The van der Waals surface area contributed by atoms with Crippen LogP contribution in [0.2, 0.25) is 0 Å². The molecule has 2 aromatic rings. The number of carbonyl (C=O) groups excluding carboxylic acids is 1. The van der Waals surface area contributed by atoms with Crippen molar-refractivity contribution in [2.24, 2.45) is 4.99 Å². The molecule has 18 heavy (non-hydrogen) atoms. The third kappa shape index (κ3) is 2.21. The van der Waals surface area contributed by atoms with Crippen molar-refractivity contribution in [3.8, 4) is 5.69 Å². The first kappa shape index (κ1) is 11.6. The minimum atomic E-state index is -0.0816. The minimum absolute atomic E-state index is 0.0816. The Balaban J connectivity index is 1.84. The van der Waals surface area contributed by atoms with Gasteiger partial charge < -0.3 is 9.88 Å². The summed E-state index contributed by atoms with van der Waals surface area (Å²) in [5.74, 6) is 0.867. The Morgan fingerprint density at radius 1 is 1.39 bits per heavy atom. The van der Waals surface area contributed by atoms with Gasteiger partial charge in [0, 0.05) is 18.1 Å². The molecule has 0 spiro atoms. The minimum Gasteiger partial charge on any atom is -0.322 e. The van der Waals surface area contributed by atoms with Gasteiger partial charge in [0.2, 0.25) is 0 Å². The van der Waals surface area contributed by atoms with Crippen molar-refractivity contribution in [1.29, 1.82) is 0 Å². The first-order valence-electron chi connectivity index (χ1n) is 5.54. The van der Waals surface area contributed by atoms with Crippen molar-refractivity contribution in [1.82, 2.24) is 9.88 Å². The molecule has 0 saturated heterocycles. The molecule has 0 unspecified atom stereocenters. The molecule has 3 heterocycles. The largest absolute Gasteiger partial charge is 0.322 e. The summed E-state index contributed by atoms with van der Waals surface area (Å²) >= 11 is 3.03. The van der Waals surface area contributed by atoms with Crippen molar-refractivity contribution in [3.63, 3.8) is 0 Å². The summed E-state index contributed by atoms with van der Waals surface area (Å²) in [6, 6.07) is 5.83. The van der Waals surface area contributed by atoms with Gasteiger partial charge >= 0.3 is 0 Å². The lowest BCUT2D eigenvalue weighted by atomic mass is 10.3. The van der Waals surface area contributed by atoms with Crippen LogP contribution in [0.15, 0.2) is 41.0 Å². The first-order valence-corrected chi connectivity index (χ1v) is 7.40. The maximum atomic E-state index is 12.2. The summed E-state index contributed by atoms with van der Waals surface area (Å²) in [7, 11) is 0. The van der Waals surface area contributed by atoms with E-state index >= 15 is 0 Å². The number of thioether (sulfide) groups is 1. The van der Waals surface area contributed by atoms with Gasteiger partial charge in [-0.2, -0.15) is 0 Å². The Bertz CT molecular complexity index is 586. The van der Waals surface area contributed by atoms with Crippen molar-refractivity contribution >= 4 is 34.2 Å². The summed E-state index contributed by atoms with van der Waals surface area (Å²) in [4.78, 5) is 17.1. The van der Waals surface area contributed by atoms with E-state index in [2.05, 4.69) is 10.3 Å². The molecule has 1 aliphatic rings. The van der Waals surface area contributed by atoms with Gasteiger partial charge in [-0.05, 0) is 23.6 Å². The molecule has 1 amide bonds.